The average Bonchev–Trinajstić information content (AvgIpc) is 2.53. The lowest BCUT2D eigenvalue weighted by Crippen LogP contribution is -2.02. The maximum atomic E-state index is 10.7. The van der Waals surface area contributed by atoms with Gasteiger partial charge in [-0.2, -0.15) is 0 Å². The number of para-hydroxylation sites is 2. The van der Waals surface area contributed by atoms with Gasteiger partial charge in [0.25, 0.3) is 5.69 Å². The number of non-ortho nitro benzene ring substituents is 1. The molecule has 3 aromatic rings. The minimum absolute atomic E-state index is 0.0823. The summed E-state index contributed by atoms with van der Waals surface area (Å²) >= 11 is 0. The van der Waals surface area contributed by atoms with Gasteiger partial charge in [0.05, 0.1) is 22.2 Å². The monoisotopic (exact) mass is 280 g/mol. The number of fused-ring (bicyclic) bond motifs is 1. The molecule has 0 aliphatic rings. The molecule has 6 heteroatoms. The molecule has 104 valence electrons. The fourth-order valence-electron chi connectivity index (χ4n) is 2.01. The van der Waals surface area contributed by atoms with E-state index in [1.807, 2.05) is 30.3 Å². The number of nitrogens with zero attached hydrogens (tertiary/aromatic N) is 3. The summed E-state index contributed by atoms with van der Waals surface area (Å²) in [5.41, 5.74) is 2.54. The Balaban J connectivity index is 1.77. The molecular formula is C15H12N4O2. The molecule has 6 nitrogen and oxygen atoms in total. The van der Waals surface area contributed by atoms with Crippen LogP contribution in [0.25, 0.3) is 11.0 Å². The van der Waals surface area contributed by atoms with Crippen molar-refractivity contribution in [3.05, 3.63) is 70.4 Å². The normalized spacial score (nSPS) is 10.5. The minimum Gasteiger partial charge on any atom is -0.365 e. The third-order valence-electron chi connectivity index (χ3n) is 3.04. The first-order valence-corrected chi connectivity index (χ1v) is 6.41. The molecule has 0 atom stereocenters. The van der Waals surface area contributed by atoms with Gasteiger partial charge in [0.1, 0.15) is 5.82 Å². The summed E-state index contributed by atoms with van der Waals surface area (Å²) in [5, 5.41) is 13.9. The molecular weight excluding hydrogens is 268 g/mol. The van der Waals surface area contributed by atoms with Crippen LogP contribution in [0.1, 0.15) is 5.56 Å². The highest BCUT2D eigenvalue weighted by molar-refractivity contribution is 5.75. The lowest BCUT2D eigenvalue weighted by Gasteiger charge is -2.06. The number of aromatic nitrogens is 2. The fourth-order valence-corrected chi connectivity index (χ4v) is 2.01. The van der Waals surface area contributed by atoms with Gasteiger partial charge in [-0.05, 0) is 17.7 Å². The summed E-state index contributed by atoms with van der Waals surface area (Å²) < 4.78 is 0. The zero-order chi connectivity index (χ0) is 14.7. The van der Waals surface area contributed by atoms with E-state index >= 15 is 0 Å². The van der Waals surface area contributed by atoms with Gasteiger partial charge in [0.15, 0.2) is 0 Å². The molecule has 0 aliphatic carbocycles. The van der Waals surface area contributed by atoms with Gasteiger partial charge in [-0.1, -0.05) is 24.3 Å². The lowest BCUT2D eigenvalue weighted by molar-refractivity contribution is -0.384. The highest BCUT2D eigenvalue weighted by atomic mass is 16.6. The van der Waals surface area contributed by atoms with Crippen molar-refractivity contribution in [1.29, 1.82) is 0 Å². The second kappa shape index (κ2) is 5.54. The van der Waals surface area contributed by atoms with Crippen LogP contribution < -0.4 is 5.32 Å². The van der Waals surface area contributed by atoms with Gasteiger partial charge in [0.2, 0.25) is 0 Å². The van der Waals surface area contributed by atoms with Crippen molar-refractivity contribution in [2.24, 2.45) is 0 Å². The second-order valence-electron chi connectivity index (χ2n) is 4.52. The predicted molar refractivity (Wildman–Crippen MR) is 80.0 cm³/mol. The number of nitro groups is 1. The van der Waals surface area contributed by atoms with Gasteiger partial charge in [0, 0.05) is 18.7 Å². The number of hydrogen-bond donors (Lipinski definition) is 1. The van der Waals surface area contributed by atoms with Crippen LogP contribution in [0.2, 0.25) is 0 Å². The summed E-state index contributed by atoms with van der Waals surface area (Å²) in [6.07, 6.45) is 1.65. The zero-order valence-corrected chi connectivity index (χ0v) is 11.1. The predicted octanol–water partition coefficient (Wildman–Crippen LogP) is 3.15. The van der Waals surface area contributed by atoms with E-state index in [2.05, 4.69) is 15.3 Å². The Bertz CT molecular complexity index is 804. The lowest BCUT2D eigenvalue weighted by atomic mass is 10.2. The van der Waals surface area contributed by atoms with Crippen molar-refractivity contribution in [2.75, 3.05) is 5.32 Å². The van der Waals surface area contributed by atoms with Crippen molar-refractivity contribution in [3.63, 3.8) is 0 Å². The van der Waals surface area contributed by atoms with Crippen LogP contribution in [0.15, 0.2) is 54.7 Å². The molecule has 1 N–H and O–H groups in total. The van der Waals surface area contributed by atoms with Crippen molar-refractivity contribution in [3.8, 4) is 0 Å². The van der Waals surface area contributed by atoms with Crippen LogP contribution in [0.4, 0.5) is 11.5 Å². The number of rotatable bonds is 4. The molecule has 0 bridgehead atoms. The van der Waals surface area contributed by atoms with Crippen LogP contribution in [0.5, 0.6) is 0 Å². The van der Waals surface area contributed by atoms with Crippen LogP contribution in [0.3, 0.4) is 0 Å². The third kappa shape index (κ3) is 2.94. The largest absolute Gasteiger partial charge is 0.365 e. The molecule has 1 aromatic heterocycles. The second-order valence-corrected chi connectivity index (χ2v) is 4.52. The Labute approximate surface area is 120 Å². The summed E-state index contributed by atoms with van der Waals surface area (Å²) in [4.78, 5) is 19.1. The van der Waals surface area contributed by atoms with Gasteiger partial charge in [-0.25, -0.2) is 4.98 Å². The van der Waals surface area contributed by atoms with E-state index in [1.165, 1.54) is 6.07 Å². The molecule has 0 aliphatic heterocycles. The third-order valence-corrected chi connectivity index (χ3v) is 3.04. The number of anilines is 1. The molecule has 2 aromatic carbocycles. The van der Waals surface area contributed by atoms with Crippen molar-refractivity contribution >= 4 is 22.5 Å². The topological polar surface area (TPSA) is 81.0 Å². The first-order valence-electron chi connectivity index (χ1n) is 6.41. The molecule has 1 heterocycles. The number of hydrogen-bond acceptors (Lipinski definition) is 5. The van der Waals surface area contributed by atoms with Gasteiger partial charge in [-0.15, -0.1) is 0 Å². The van der Waals surface area contributed by atoms with E-state index in [9.17, 15) is 10.1 Å². The number of benzene rings is 2. The Hall–Kier alpha value is -3.02. The van der Waals surface area contributed by atoms with E-state index < -0.39 is 4.92 Å². The van der Waals surface area contributed by atoms with E-state index in [4.69, 9.17) is 0 Å². The molecule has 0 amide bonds. The van der Waals surface area contributed by atoms with Crippen molar-refractivity contribution in [1.82, 2.24) is 9.97 Å². The first-order chi connectivity index (χ1) is 10.2. The average molecular weight is 280 g/mol. The quantitative estimate of drug-likeness (QED) is 0.586. The van der Waals surface area contributed by atoms with E-state index in [-0.39, 0.29) is 5.69 Å². The van der Waals surface area contributed by atoms with Crippen LogP contribution in [-0.4, -0.2) is 14.9 Å². The van der Waals surface area contributed by atoms with Crippen molar-refractivity contribution < 1.29 is 4.92 Å². The molecule has 0 unspecified atom stereocenters. The maximum Gasteiger partial charge on any atom is 0.269 e. The molecule has 0 saturated heterocycles. The van der Waals surface area contributed by atoms with Gasteiger partial charge in [-0.3, -0.25) is 15.1 Å². The summed E-state index contributed by atoms with van der Waals surface area (Å²) in [5.74, 6) is 0.639. The molecule has 3 rings (SSSR count). The van der Waals surface area contributed by atoms with Gasteiger partial charge < -0.3 is 5.32 Å². The first kappa shape index (κ1) is 13.0. The van der Waals surface area contributed by atoms with E-state index in [1.54, 1.807) is 18.3 Å². The van der Waals surface area contributed by atoms with Gasteiger partial charge >= 0.3 is 0 Å². The zero-order valence-electron chi connectivity index (χ0n) is 11.1. The Kier molecular flexibility index (Phi) is 3.42. The van der Waals surface area contributed by atoms with E-state index in [0.717, 1.165) is 16.6 Å². The maximum absolute atomic E-state index is 10.7. The molecule has 0 radical (unpaired) electrons. The van der Waals surface area contributed by atoms with E-state index in [0.29, 0.717) is 12.4 Å². The van der Waals surface area contributed by atoms with Crippen LogP contribution >= 0.6 is 0 Å². The van der Waals surface area contributed by atoms with Crippen LogP contribution in [0, 0.1) is 10.1 Å². The number of nitrogens with one attached hydrogen (secondary N) is 1. The Morgan fingerprint density at radius 3 is 2.71 bits per heavy atom. The molecule has 0 fully saturated rings. The highest BCUT2D eigenvalue weighted by Gasteiger charge is 2.05. The fraction of sp³-hybridized carbons (Fsp3) is 0.0667. The standard InChI is InChI=1S/C15H12N4O2/c20-19(21)12-5-3-4-11(8-12)9-17-15-10-16-13-6-1-2-7-14(13)18-15/h1-8,10H,9H2,(H,17,18). The summed E-state index contributed by atoms with van der Waals surface area (Å²) in [7, 11) is 0. The van der Waals surface area contributed by atoms with Crippen molar-refractivity contribution in [2.45, 2.75) is 6.54 Å². The smallest absolute Gasteiger partial charge is 0.269 e. The molecule has 0 saturated carbocycles. The SMILES string of the molecule is O=[N+]([O-])c1cccc(CNc2cnc3ccccc3n2)c1. The summed E-state index contributed by atoms with van der Waals surface area (Å²) in [6, 6.07) is 14.1. The Morgan fingerprint density at radius 1 is 1.10 bits per heavy atom. The van der Waals surface area contributed by atoms with Crippen LogP contribution in [-0.2, 0) is 6.54 Å². The minimum atomic E-state index is -0.403. The Morgan fingerprint density at radius 2 is 1.90 bits per heavy atom. The molecule has 21 heavy (non-hydrogen) atoms. The number of nitro benzene ring substituents is 1. The summed E-state index contributed by atoms with van der Waals surface area (Å²) in [6.45, 7) is 0.453. The molecule has 0 spiro atoms. The highest BCUT2D eigenvalue weighted by Crippen LogP contribution is 2.15.